The molecule has 1 fully saturated rings. The quantitative estimate of drug-likeness (QED) is 0.609. The van der Waals surface area contributed by atoms with Crippen molar-refractivity contribution < 1.29 is 9.59 Å². The standard InChI is InChI=1S/C10H17NO2/c1-4-10(5-2)7-6-8(12)11(3)9(10)13/h4-7H2,1-3H3. The van der Waals surface area contributed by atoms with Gasteiger partial charge in [0.2, 0.25) is 11.8 Å². The Morgan fingerprint density at radius 1 is 1.31 bits per heavy atom. The van der Waals surface area contributed by atoms with Crippen molar-refractivity contribution in [3.63, 3.8) is 0 Å². The van der Waals surface area contributed by atoms with Crippen LogP contribution in [0, 0.1) is 5.41 Å². The lowest BCUT2D eigenvalue weighted by molar-refractivity contribution is -0.156. The topological polar surface area (TPSA) is 37.4 Å². The van der Waals surface area contributed by atoms with E-state index in [0.717, 1.165) is 19.3 Å². The van der Waals surface area contributed by atoms with E-state index in [-0.39, 0.29) is 17.2 Å². The molecule has 3 heteroatoms. The molecule has 0 saturated carbocycles. The van der Waals surface area contributed by atoms with Crippen molar-refractivity contribution in [3.8, 4) is 0 Å². The van der Waals surface area contributed by atoms with Gasteiger partial charge in [-0.2, -0.15) is 0 Å². The van der Waals surface area contributed by atoms with Crippen LogP contribution in [0.4, 0.5) is 0 Å². The van der Waals surface area contributed by atoms with Crippen molar-refractivity contribution in [2.24, 2.45) is 5.41 Å². The molecule has 1 saturated heterocycles. The fourth-order valence-electron chi connectivity index (χ4n) is 2.00. The van der Waals surface area contributed by atoms with Crippen molar-refractivity contribution in [3.05, 3.63) is 0 Å². The molecule has 0 N–H and O–H groups in total. The minimum absolute atomic E-state index is 0.00810. The molecule has 3 nitrogen and oxygen atoms in total. The summed E-state index contributed by atoms with van der Waals surface area (Å²) in [5, 5.41) is 0. The molecule has 0 atom stereocenters. The minimum atomic E-state index is -0.261. The summed E-state index contributed by atoms with van der Waals surface area (Å²) >= 11 is 0. The molecule has 13 heavy (non-hydrogen) atoms. The SMILES string of the molecule is CCC1(CC)CCC(=O)N(C)C1=O. The Hall–Kier alpha value is -0.860. The summed E-state index contributed by atoms with van der Waals surface area (Å²) in [6, 6.07) is 0. The van der Waals surface area contributed by atoms with E-state index < -0.39 is 0 Å². The molecule has 2 amide bonds. The summed E-state index contributed by atoms with van der Waals surface area (Å²) < 4.78 is 0. The van der Waals surface area contributed by atoms with Gasteiger partial charge in [-0.3, -0.25) is 14.5 Å². The molecule has 1 rings (SSSR count). The van der Waals surface area contributed by atoms with Crippen molar-refractivity contribution in [2.75, 3.05) is 7.05 Å². The van der Waals surface area contributed by atoms with E-state index in [1.165, 1.54) is 4.90 Å². The fourth-order valence-corrected chi connectivity index (χ4v) is 2.00. The molecule has 0 bridgehead atoms. The van der Waals surface area contributed by atoms with E-state index in [9.17, 15) is 9.59 Å². The number of hydrogen-bond acceptors (Lipinski definition) is 2. The monoisotopic (exact) mass is 183 g/mol. The molecule has 0 spiro atoms. The van der Waals surface area contributed by atoms with Gasteiger partial charge in [0, 0.05) is 18.9 Å². The van der Waals surface area contributed by atoms with Crippen LogP contribution in [0.3, 0.4) is 0 Å². The average molecular weight is 183 g/mol. The van der Waals surface area contributed by atoms with Crippen molar-refractivity contribution in [1.29, 1.82) is 0 Å². The van der Waals surface area contributed by atoms with Crippen molar-refractivity contribution in [2.45, 2.75) is 39.5 Å². The highest BCUT2D eigenvalue weighted by molar-refractivity contribution is 6.00. The number of hydrogen-bond donors (Lipinski definition) is 0. The van der Waals surface area contributed by atoms with E-state index in [1.807, 2.05) is 13.8 Å². The summed E-state index contributed by atoms with van der Waals surface area (Å²) in [5.74, 6) is -0.0312. The van der Waals surface area contributed by atoms with Crippen LogP contribution in [0.1, 0.15) is 39.5 Å². The molecule has 0 aromatic carbocycles. The molecular weight excluding hydrogens is 166 g/mol. The van der Waals surface area contributed by atoms with Crippen LogP contribution in [-0.2, 0) is 9.59 Å². The van der Waals surface area contributed by atoms with Gasteiger partial charge in [-0.05, 0) is 19.3 Å². The zero-order valence-electron chi connectivity index (χ0n) is 8.59. The molecule has 1 aliphatic heterocycles. The maximum absolute atomic E-state index is 11.8. The third-order valence-corrected chi connectivity index (χ3v) is 3.30. The second kappa shape index (κ2) is 3.48. The van der Waals surface area contributed by atoms with E-state index in [0.29, 0.717) is 6.42 Å². The molecule has 0 aromatic heterocycles. The molecule has 74 valence electrons. The number of imide groups is 1. The van der Waals surface area contributed by atoms with Crippen LogP contribution in [0.25, 0.3) is 0 Å². The normalized spacial score (nSPS) is 22.2. The zero-order chi connectivity index (χ0) is 10.1. The van der Waals surface area contributed by atoms with Crippen LogP contribution in [0.2, 0.25) is 0 Å². The van der Waals surface area contributed by atoms with Crippen LogP contribution in [0.15, 0.2) is 0 Å². The van der Waals surface area contributed by atoms with Crippen LogP contribution < -0.4 is 0 Å². The second-order valence-electron chi connectivity index (χ2n) is 3.75. The highest BCUT2D eigenvalue weighted by atomic mass is 16.2. The third kappa shape index (κ3) is 1.47. The Balaban J connectivity index is 2.90. The van der Waals surface area contributed by atoms with Gasteiger partial charge in [-0.15, -0.1) is 0 Å². The first-order valence-corrected chi connectivity index (χ1v) is 4.88. The van der Waals surface area contributed by atoms with Gasteiger partial charge in [-0.1, -0.05) is 13.8 Å². The maximum atomic E-state index is 11.8. The predicted molar refractivity (Wildman–Crippen MR) is 50.0 cm³/mol. The van der Waals surface area contributed by atoms with Gasteiger partial charge in [0.15, 0.2) is 0 Å². The van der Waals surface area contributed by atoms with Crippen LogP contribution in [-0.4, -0.2) is 23.8 Å². The highest BCUT2D eigenvalue weighted by Crippen LogP contribution is 2.37. The summed E-state index contributed by atoms with van der Waals surface area (Å²) in [5.41, 5.74) is -0.261. The Kier molecular flexibility index (Phi) is 2.74. The molecule has 1 aliphatic rings. The zero-order valence-corrected chi connectivity index (χ0v) is 8.59. The molecule has 0 aliphatic carbocycles. The number of piperidine rings is 1. The lowest BCUT2D eigenvalue weighted by atomic mass is 9.74. The second-order valence-corrected chi connectivity index (χ2v) is 3.75. The lowest BCUT2D eigenvalue weighted by Gasteiger charge is -2.37. The molecule has 0 radical (unpaired) electrons. The Morgan fingerprint density at radius 2 is 1.85 bits per heavy atom. The largest absolute Gasteiger partial charge is 0.285 e. The number of rotatable bonds is 2. The first-order chi connectivity index (χ1) is 6.07. The molecule has 0 aromatic rings. The maximum Gasteiger partial charge on any atom is 0.235 e. The number of amides is 2. The van der Waals surface area contributed by atoms with Gasteiger partial charge >= 0.3 is 0 Å². The number of likely N-dealkylation sites (tertiary alicyclic amines) is 1. The predicted octanol–water partition coefficient (Wildman–Crippen LogP) is 1.57. The van der Waals surface area contributed by atoms with Gasteiger partial charge in [0.05, 0.1) is 0 Å². The third-order valence-electron chi connectivity index (χ3n) is 3.30. The Labute approximate surface area is 79.1 Å². The number of nitrogens with zero attached hydrogens (tertiary/aromatic N) is 1. The van der Waals surface area contributed by atoms with E-state index in [2.05, 4.69) is 0 Å². The summed E-state index contributed by atoms with van der Waals surface area (Å²) in [7, 11) is 1.59. The smallest absolute Gasteiger partial charge is 0.235 e. The fraction of sp³-hybridized carbons (Fsp3) is 0.800. The highest BCUT2D eigenvalue weighted by Gasteiger charge is 2.42. The van der Waals surface area contributed by atoms with Crippen LogP contribution in [0.5, 0.6) is 0 Å². The number of carbonyl (C=O) groups is 2. The van der Waals surface area contributed by atoms with Crippen molar-refractivity contribution in [1.82, 2.24) is 4.90 Å². The summed E-state index contributed by atoms with van der Waals surface area (Å²) in [6.45, 7) is 4.04. The summed E-state index contributed by atoms with van der Waals surface area (Å²) in [4.78, 5) is 24.3. The van der Waals surface area contributed by atoms with Gasteiger partial charge in [-0.25, -0.2) is 0 Å². The van der Waals surface area contributed by atoms with Gasteiger partial charge in [0.25, 0.3) is 0 Å². The Morgan fingerprint density at radius 3 is 2.31 bits per heavy atom. The summed E-state index contributed by atoms with van der Waals surface area (Å²) in [6.07, 6.45) is 2.91. The Bertz CT molecular complexity index is 231. The van der Waals surface area contributed by atoms with Gasteiger partial charge in [0.1, 0.15) is 0 Å². The molecular formula is C10H17NO2. The average Bonchev–Trinajstić information content (AvgIpc) is 2.16. The lowest BCUT2D eigenvalue weighted by Crippen LogP contribution is -2.49. The first-order valence-electron chi connectivity index (χ1n) is 4.88. The van der Waals surface area contributed by atoms with E-state index >= 15 is 0 Å². The van der Waals surface area contributed by atoms with E-state index in [4.69, 9.17) is 0 Å². The molecule has 0 unspecified atom stereocenters. The van der Waals surface area contributed by atoms with Crippen LogP contribution >= 0.6 is 0 Å². The minimum Gasteiger partial charge on any atom is -0.285 e. The van der Waals surface area contributed by atoms with E-state index in [1.54, 1.807) is 7.05 Å². The molecule has 1 heterocycles. The number of carbonyl (C=O) groups excluding carboxylic acids is 2. The first kappa shape index (κ1) is 10.2. The van der Waals surface area contributed by atoms with Crippen molar-refractivity contribution >= 4 is 11.8 Å². The van der Waals surface area contributed by atoms with Gasteiger partial charge < -0.3 is 0 Å².